The lowest BCUT2D eigenvalue weighted by molar-refractivity contribution is 0.155. The van der Waals surface area contributed by atoms with Gasteiger partial charge in [0.25, 0.3) is 0 Å². The van der Waals surface area contributed by atoms with Crippen molar-refractivity contribution in [1.82, 2.24) is 0 Å². The van der Waals surface area contributed by atoms with Gasteiger partial charge < -0.3 is 9.84 Å². The Balaban J connectivity index is 1.50. The maximum absolute atomic E-state index is 10.1. The fourth-order valence-corrected chi connectivity index (χ4v) is 3.63. The lowest BCUT2D eigenvalue weighted by Gasteiger charge is -2.31. The number of aliphatic hydroxyl groups excluding tert-OH is 1. The molecule has 2 aliphatic rings. The second-order valence-corrected chi connectivity index (χ2v) is 6.14. The zero-order valence-corrected chi connectivity index (χ0v) is 12.1. The van der Waals surface area contributed by atoms with Gasteiger partial charge in [0.1, 0.15) is 5.75 Å². The predicted molar refractivity (Wildman–Crippen MR) is 82.7 cm³/mol. The second-order valence-electron chi connectivity index (χ2n) is 6.14. The van der Waals surface area contributed by atoms with Crippen LogP contribution in [0.2, 0.25) is 0 Å². The van der Waals surface area contributed by atoms with Gasteiger partial charge >= 0.3 is 0 Å². The summed E-state index contributed by atoms with van der Waals surface area (Å²) >= 11 is 0. The highest BCUT2D eigenvalue weighted by Crippen LogP contribution is 2.38. The van der Waals surface area contributed by atoms with Crippen molar-refractivity contribution in [3.05, 3.63) is 64.7 Å². The van der Waals surface area contributed by atoms with Gasteiger partial charge in [-0.05, 0) is 54.0 Å². The van der Waals surface area contributed by atoms with E-state index in [0.717, 1.165) is 43.6 Å². The van der Waals surface area contributed by atoms with Crippen LogP contribution in [0.4, 0.5) is 0 Å². The molecule has 0 amide bonds. The van der Waals surface area contributed by atoms with Crippen molar-refractivity contribution in [1.29, 1.82) is 0 Å². The third-order valence-electron chi connectivity index (χ3n) is 4.83. The van der Waals surface area contributed by atoms with E-state index in [1.807, 2.05) is 18.2 Å². The second kappa shape index (κ2) is 5.19. The van der Waals surface area contributed by atoms with Crippen LogP contribution < -0.4 is 4.74 Å². The summed E-state index contributed by atoms with van der Waals surface area (Å²) < 4.78 is 6.10. The van der Waals surface area contributed by atoms with Crippen LogP contribution in [0.25, 0.3) is 0 Å². The average molecular weight is 280 g/mol. The third kappa shape index (κ3) is 2.24. The number of ether oxygens (including phenoxy) is 1. The van der Waals surface area contributed by atoms with Gasteiger partial charge in [-0.15, -0.1) is 0 Å². The van der Waals surface area contributed by atoms with Gasteiger partial charge in [0, 0.05) is 5.92 Å². The average Bonchev–Trinajstić information content (AvgIpc) is 2.49. The van der Waals surface area contributed by atoms with Gasteiger partial charge in [-0.25, -0.2) is 0 Å². The van der Waals surface area contributed by atoms with E-state index in [1.54, 1.807) is 0 Å². The van der Waals surface area contributed by atoms with Crippen molar-refractivity contribution in [3.63, 3.8) is 0 Å². The number of hydrogen-bond acceptors (Lipinski definition) is 2. The highest BCUT2D eigenvalue weighted by molar-refractivity contribution is 5.44. The third-order valence-corrected chi connectivity index (χ3v) is 4.83. The molecule has 0 aliphatic heterocycles. The molecule has 0 bridgehead atoms. The fraction of sp³-hybridized carbons (Fsp3) is 0.368. The van der Waals surface area contributed by atoms with Crippen LogP contribution in [0.1, 0.15) is 47.1 Å². The van der Waals surface area contributed by atoms with Crippen LogP contribution in [0.5, 0.6) is 5.75 Å². The summed E-state index contributed by atoms with van der Waals surface area (Å²) in [6, 6.07) is 14.7. The maximum Gasteiger partial charge on any atom is 0.122 e. The topological polar surface area (TPSA) is 29.5 Å². The highest BCUT2D eigenvalue weighted by atomic mass is 16.5. The van der Waals surface area contributed by atoms with Gasteiger partial charge in [-0.1, -0.05) is 36.4 Å². The first-order chi connectivity index (χ1) is 10.3. The van der Waals surface area contributed by atoms with E-state index in [0.29, 0.717) is 5.92 Å². The highest BCUT2D eigenvalue weighted by Gasteiger charge is 2.27. The van der Waals surface area contributed by atoms with Crippen molar-refractivity contribution in [2.75, 3.05) is 6.61 Å². The van der Waals surface area contributed by atoms with Crippen LogP contribution in [-0.2, 0) is 12.8 Å². The number of benzene rings is 2. The zero-order chi connectivity index (χ0) is 14.2. The minimum absolute atomic E-state index is 0.318. The Morgan fingerprint density at radius 2 is 1.90 bits per heavy atom. The Hall–Kier alpha value is -1.80. The van der Waals surface area contributed by atoms with Gasteiger partial charge in [0.05, 0.1) is 12.7 Å². The molecule has 2 aromatic rings. The van der Waals surface area contributed by atoms with E-state index < -0.39 is 0 Å². The number of hydrogen-bond donors (Lipinski definition) is 1. The molecule has 2 unspecified atom stereocenters. The molecule has 0 radical (unpaired) electrons. The Kier molecular flexibility index (Phi) is 3.19. The molecular weight excluding hydrogens is 260 g/mol. The largest absolute Gasteiger partial charge is 0.493 e. The van der Waals surface area contributed by atoms with Crippen molar-refractivity contribution in [3.8, 4) is 5.75 Å². The van der Waals surface area contributed by atoms with Crippen LogP contribution in [0.3, 0.4) is 0 Å². The molecule has 1 N–H and O–H groups in total. The monoisotopic (exact) mass is 280 g/mol. The minimum atomic E-state index is -0.318. The molecular formula is C19H20O2. The molecule has 0 spiro atoms. The molecule has 2 atom stereocenters. The maximum atomic E-state index is 10.1. The first-order valence-electron chi connectivity index (χ1n) is 7.83. The summed E-state index contributed by atoms with van der Waals surface area (Å²) in [5, 5.41) is 10.1. The number of aliphatic hydroxyl groups is 1. The normalized spacial score (nSPS) is 22.9. The summed E-state index contributed by atoms with van der Waals surface area (Å²) in [6.45, 7) is 0.740. The van der Waals surface area contributed by atoms with Crippen LogP contribution in [0.15, 0.2) is 42.5 Å². The molecule has 0 heterocycles. The molecule has 2 nitrogen and oxygen atoms in total. The number of fused-ring (bicyclic) bond motifs is 2. The molecule has 2 aromatic carbocycles. The molecule has 0 fully saturated rings. The summed E-state index contributed by atoms with van der Waals surface area (Å²) in [5.74, 6) is 1.49. The molecule has 0 saturated heterocycles. The number of rotatable bonds is 3. The molecule has 4 rings (SSSR count). The van der Waals surface area contributed by atoms with Crippen molar-refractivity contribution < 1.29 is 9.84 Å². The molecule has 108 valence electrons. The smallest absolute Gasteiger partial charge is 0.122 e. The van der Waals surface area contributed by atoms with Gasteiger partial charge in [-0.3, -0.25) is 0 Å². The van der Waals surface area contributed by atoms with Crippen molar-refractivity contribution in [2.24, 2.45) is 0 Å². The predicted octanol–water partition coefficient (Wildman–Crippen LogP) is 3.78. The Morgan fingerprint density at radius 3 is 2.81 bits per heavy atom. The fourth-order valence-electron chi connectivity index (χ4n) is 3.63. The standard InChI is InChI=1S/C19H20O2/c20-18-9-3-8-17-16(18)7-4-10-19(17)21-12-14-11-13-5-1-2-6-15(13)14/h1-2,4-7,10,14,18,20H,3,8-9,11-12H2. The summed E-state index contributed by atoms with van der Waals surface area (Å²) in [5.41, 5.74) is 5.16. The van der Waals surface area contributed by atoms with E-state index >= 15 is 0 Å². The molecule has 0 aromatic heterocycles. The van der Waals surface area contributed by atoms with E-state index in [1.165, 1.54) is 16.7 Å². The van der Waals surface area contributed by atoms with E-state index in [-0.39, 0.29) is 6.10 Å². The molecule has 2 aliphatic carbocycles. The van der Waals surface area contributed by atoms with Gasteiger partial charge in [0.2, 0.25) is 0 Å². The van der Waals surface area contributed by atoms with E-state index in [2.05, 4.69) is 24.3 Å². The first kappa shape index (κ1) is 12.9. The van der Waals surface area contributed by atoms with E-state index in [4.69, 9.17) is 4.74 Å². The lowest BCUT2D eigenvalue weighted by Crippen LogP contribution is -2.23. The Bertz CT molecular complexity index is 662. The summed E-state index contributed by atoms with van der Waals surface area (Å²) in [7, 11) is 0. The molecule has 21 heavy (non-hydrogen) atoms. The quantitative estimate of drug-likeness (QED) is 0.927. The summed E-state index contributed by atoms with van der Waals surface area (Å²) in [6.07, 6.45) is 3.73. The molecule has 0 saturated carbocycles. The summed E-state index contributed by atoms with van der Waals surface area (Å²) in [4.78, 5) is 0. The lowest BCUT2D eigenvalue weighted by atomic mass is 9.78. The van der Waals surface area contributed by atoms with Crippen molar-refractivity contribution in [2.45, 2.75) is 37.7 Å². The Morgan fingerprint density at radius 1 is 1.05 bits per heavy atom. The molecule has 2 heteroatoms. The van der Waals surface area contributed by atoms with Crippen LogP contribution >= 0.6 is 0 Å². The first-order valence-corrected chi connectivity index (χ1v) is 7.83. The SMILES string of the molecule is OC1CCCc2c(OCC3Cc4ccccc43)cccc21. The Labute approximate surface area is 125 Å². The minimum Gasteiger partial charge on any atom is -0.493 e. The van der Waals surface area contributed by atoms with E-state index in [9.17, 15) is 5.11 Å². The van der Waals surface area contributed by atoms with Gasteiger partial charge in [0.15, 0.2) is 0 Å². The van der Waals surface area contributed by atoms with Crippen LogP contribution in [0, 0.1) is 0 Å². The van der Waals surface area contributed by atoms with Crippen LogP contribution in [-0.4, -0.2) is 11.7 Å². The van der Waals surface area contributed by atoms with Gasteiger partial charge in [-0.2, -0.15) is 0 Å². The van der Waals surface area contributed by atoms with Crippen molar-refractivity contribution >= 4 is 0 Å². The zero-order valence-electron chi connectivity index (χ0n) is 12.1.